The van der Waals surface area contributed by atoms with Crippen LogP contribution in [0.4, 0.5) is 4.79 Å². The Morgan fingerprint density at radius 2 is 2.25 bits per heavy atom. The lowest BCUT2D eigenvalue weighted by Gasteiger charge is -2.08. The molecule has 0 unspecified atom stereocenters. The van der Waals surface area contributed by atoms with Crippen LogP contribution in [0.15, 0.2) is 29.7 Å². The lowest BCUT2D eigenvalue weighted by atomic mass is 10.3. The lowest BCUT2D eigenvalue weighted by Crippen LogP contribution is -2.32. The summed E-state index contributed by atoms with van der Waals surface area (Å²) in [6.45, 7) is 1.90. The molecule has 2 aromatic heterocycles. The second-order valence-corrected chi connectivity index (χ2v) is 6.15. The van der Waals surface area contributed by atoms with Gasteiger partial charge in [-0.05, 0) is 31.9 Å². The van der Waals surface area contributed by atoms with E-state index >= 15 is 0 Å². The van der Waals surface area contributed by atoms with Gasteiger partial charge >= 0.3 is 6.09 Å². The molecule has 0 saturated heterocycles. The van der Waals surface area contributed by atoms with Crippen LogP contribution in [-0.4, -0.2) is 44.1 Å². The van der Waals surface area contributed by atoms with Crippen molar-refractivity contribution in [2.24, 2.45) is 0 Å². The Labute approximate surface area is 143 Å². The summed E-state index contributed by atoms with van der Waals surface area (Å²) in [7, 11) is 0. The van der Waals surface area contributed by atoms with E-state index in [1.807, 2.05) is 16.7 Å². The van der Waals surface area contributed by atoms with Crippen molar-refractivity contribution in [3.63, 3.8) is 0 Å². The Kier molecular flexibility index (Phi) is 5.09. The van der Waals surface area contributed by atoms with Gasteiger partial charge in [-0.1, -0.05) is 11.8 Å². The summed E-state index contributed by atoms with van der Waals surface area (Å²) in [4.78, 5) is 27.1. The smallest absolute Gasteiger partial charge is 0.413 e. The van der Waals surface area contributed by atoms with Gasteiger partial charge in [-0.15, -0.1) is 10.2 Å². The van der Waals surface area contributed by atoms with Gasteiger partial charge in [0.15, 0.2) is 11.0 Å². The number of alkyl carbamates (subject to hydrolysis) is 1. The van der Waals surface area contributed by atoms with Crippen molar-refractivity contribution >= 4 is 23.8 Å². The molecule has 0 aliphatic heterocycles. The highest BCUT2D eigenvalue weighted by Crippen LogP contribution is 2.40. The maximum atomic E-state index is 11.8. The van der Waals surface area contributed by atoms with Gasteiger partial charge in [0, 0.05) is 24.0 Å². The van der Waals surface area contributed by atoms with E-state index in [4.69, 9.17) is 0 Å². The molecule has 2 amide bonds. The summed E-state index contributed by atoms with van der Waals surface area (Å²) in [5, 5.41) is 11.3. The van der Waals surface area contributed by atoms with E-state index in [0.717, 1.165) is 24.2 Å². The van der Waals surface area contributed by atoms with Crippen molar-refractivity contribution in [1.82, 2.24) is 25.1 Å². The molecule has 0 aromatic carbocycles. The van der Waals surface area contributed by atoms with Gasteiger partial charge in [0.1, 0.15) is 0 Å². The first kappa shape index (κ1) is 16.4. The van der Waals surface area contributed by atoms with Crippen LogP contribution in [0.3, 0.4) is 0 Å². The van der Waals surface area contributed by atoms with Crippen molar-refractivity contribution in [2.45, 2.75) is 31.0 Å². The molecule has 1 fully saturated rings. The Bertz CT molecular complexity index is 730. The summed E-state index contributed by atoms with van der Waals surface area (Å²) in [6.07, 6.45) is 4.84. The topological polar surface area (TPSA) is 99.0 Å². The van der Waals surface area contributed by atoms with Crippen molar-refractivity contribution in [3.8, 4) is 11.4 Å². The fourth-order valence-electron chi connectivity index (χ4n) is 2.18. The van der Waals surface area contributed by atoms with Gasteiger partial charge in [0.05, 0.1) is 12.4 Å². The molecule has 0 radical (unpaired) electrons. The Morgan fingerprint density at radius 3 is 2.92 bits per heavy atom. The van der Waals surface area contributed by atoms with Gasteiger partial charge in [0.2, 0.25) is 5.91 Å². The molecule has 24 heavy (non-hydrogen) atoms. The Hall–Kier alpha value is -2.42. The number of pyridine rings is 1. The molecule has 0 bridgehead atoms. The Morgan fingerprint density at radius 1 is 1.42 bits per heavy atom. The number of ether oxygens (including phenoxy) is 1. The third-order valence-electron chi connectivity index (χ3n) is 3.35. The highest BCUT2D eigenvalue weighted by molar-refractivity contribution is 7.99. The van der Waals surface area contributed by atoms with Crippen molar-refractivity contribution in [3.05, 3.63) is 24.5 Å². The van der Waals surface area contributed by atoms with E-state index in [1.54, 1.807) is 19.3 Å². The molecule has 1 N–H and O–H groups in total. The molecule has 0 atom stereocenters. The number of carbonyl (C=O) groups is 2. The number of imide groups is 1. The van der Waals surface area contributed by atoms with Crippen LogP contribution in [-0.2, 0) is 9.53 Å². The summed E-state index contributed by atoms with van der Waals surface area (Å²) in [5.74, 6) is 0.391. The third kappa shape index (κ3) is 3.91. The lowest BCUT2D eigenvalue weighted by molar-refractivity contribution is -0.117. The van der Waals surface area contributed by atoms with Gasteiger partial charge in [-0.3, -0.25) is 19.7 Å². The van der Waals surface area contributed by atoms with E-state index in [0.29, 0.717) is 11.2 Å². The number of nitrogens with zero attached hydrogens (tertiary/aromatic N) is 4. The molecule has 8 nitrogen and oxygen atoms in total. The van der Waals surface area contributed by atoms with Crippen LogP contribution in [0.1, 0.15) is 25.8 Å². The molecule has 3 rings (SSSR count). The van der Waals surface area contributed by atoms with E-state index in [2.05, 4.69) is 25.2 Å². The molecular weight excluding hydrogens is 330 g/mol. The number of nitrogens with one attached hydrogen (secondary N) is 1. The minimum absolute atomic E-state index is 0.0662. The zero-order chi connectivity index (χ0) is 16.9. The average Bonchev–Trinajstić information content (AvgIpc) is 3.33. The van der Waals surface area contributed by atoms with Crippen LogP contribution in [0.5, 0.6) is 0 Å². The van der Waals surface area contributed by atoms with E-state index < -0.39 is 12.0 Å². The zero-order valence-corrected chi connectivity index (χ0v) is 14.0. The van der Waals surface area contributed by atoms with E-state index in [9.17, 15) is 9.59 Å². The number of carbonyl (C=O) groups excluding carboxylic acids is 2. The molecular formula is C15H17N5O3S. The van der Waals surface area contributed by atoms with Crippen LogP contribution < -0.4 is 5.32 Å². The average molecular weight is 347 g/mol. The molecule has 126 valence electrons. The predicted molar refractivity (Wildman–Crippen MR) is 87.4 cm³/mol. The normalized spacial score (nSPS) is 13.5. The molecule has 1 aliphatic carbocycles. The second kappa shape index (κ2) is 7.43. The molecule has 9 heteroatoms. The highest BCUT2D eigenvalue weighted by Gasteiger charge is 2.30. The summed E-state index contributed by atoms with van der Waals surface area (Å²) >= 11 is 1.25. The number of amides is 2. The number of aromatic nitrogens is 4. The minimum Gasteiger partial charge on any atom is -0.450 e. The minimum atomic E-state index is -0.734. The van der Waals surface area contributed by atoms with Gasteiger partial charge in [0.25, 0.3) is 0 Å². The summed E-state index contributed by atoms with van der Waals surface area (Å²) in [6, 6.07) is 4.13. The number of hydrogen-bond acceptors (Lipinski definition) is 7. The zero-order valence-electron chi connectivity index (χ0n) is 13.1. The largest absolute Gasteiger partial charge is 0.450 e. The van der Waals surface area contributed by atoms with Crippen molar-refractivity contribution in [2.75, 3.05) is 12.4 Å². The van der Waals surface area contributed by atoms with Crippen LogP contribution in [0.2, 0.25) is 0 Å². The van der Waals surface area contributed by atoms with Crippen molar-refractivity contribution in [1.29, 1.82) is 0 Å². The van der Waals surface area contributed by atoms with Gasteiger partial charge < -0.3 is 4.74 Å². The monoisotopic (exact) mass is 347 g/mol. The van der Waals surface area contributed by atoms with E-state index in [1.165, 1.54) is 11.8 Å². The molecule has 0 spiro atoms. The third-order valence-corrected chi connectivity index (χ3v) is 4.29. The first-order valence-electron chi connectivity index (χ1n) is 7.63. The van der Waals surface area contributed by atoms with Gasteiger partial charge in [-0.2, -0.15) is 0 Å². The predicted octanol–water partition coefficient (Wildman–Crippen LogP) is 2.04. The first-order valence-corrected chi connectivity index (χ1v) is 8.62. The fourth-order valence-corrected chi connectivity index (χ4v) is 2.98. The van der Waals surface area contributed by atoms with Crippen LogP contribution in [0.25, 0.3) is 11.4 Å². The second-order valence-electron chi connectivity index (χ2n) is 5.21. The fraction of sp³-hybridized carbons (Fsp3) is 0.400. The number of rotatable bonds is 6. The van der Waals surface area contributed by atoms with E-state index in [-0.39, 0.29) is 12.4 Å². The quantitative estimate of drug-likeness (QED) is 0.798. The van der Waals surface area contributed by atoms with Gasteiger partial charge in [-0.25, -0.2) is 4.79 Å². The SMILES string of the molecule is CCOC(=O)NC(=O)CSc1nnc(-c2cccnc2)n1C1CC1. The standard InChI is InChI=1S/C15H17N5O3S/c1-2-23-15(22)17-12(21)9-24-14-19-18-13(20(14)11-5-6-11)10-4-3-7-16-8-10/h3-4,7-8,11H,2,5-6,9H2,1H3,(H,17,21,22). The molecule has 1 aliphatic rings. The molecule has 2 aromatic rings. The highest BCUT2D eigenvalue weighted by atomic mass is 32.2. The molecule has 1 saturated carbocycles. The maximum absolute atomic E-state index is 11.8. The van der Waals surface area contributed by atoms with Crippen LogP contribution >= 0.6 is 11.8 Å². The number of thioether (sulfide) groups is 1. The molecule has 2 heterocycles. The van der Waals surface area contributed by atoms with Crippen LogP contribution in [0, 0.1) is 0 Å². The first-order chi connectivity index (χ1) is 11.7. The summed E-state index contributed by atoms with van der Waals surface area (Å²) in [5.41, 5.74) is 0.889. The Balaban J connectivity index is 1.69. The summed E-state index contributed by atoms with van der Waals surface area (Å²) < 4.78 is 6.72. The maximum Gasteiger partial charge on any atom is 0.413 e. The number of hydrogen-bond donors (Lipinski definition) is 1. The van der Waals surface area contributed by atoms with Crippen molar-refractivity contribution < 1.29 is 14.3 Å².